The Hall–Kier alpha value is -11.6. The number of nitrogens with one attached hydrogen (secondary N) is 4. The largest absolute Gasteiger partial charge is 0.455 e. The number of halogens is 2. The molecule has 0 unspecified atom stereocenters. The molecule has 624 valence electrons. The summed E-state index contributed by atoms with van der Waals surface area (Å²) in [6, 6.07) is 38.4. The normalized spacial score (nSPS) is 17.9. The molecular formula is C88H88Cl2N16O13S2. The molecular weight excluding hydrogens is 1620 g/mol. The Bertz CT molecular complexity index is 6380. The van der Waals surface area contributed by atoms with Crippen LogP contribution in [0.2, 0.25) is 10.0 Å². The molecule has 7 aliphatic rings. The maximum Gasteiger partial charge on any atom is 0.298 e. The molecule has 3 saturated heterocycles. The van der Waals surface area contributed by atoms with Gasteiger partial charge in [0.15, 0.2) is 5.52 Å². The molecule has 0 atom stereocenters. The standard InChI is InChI=1S/C46H47ClN8O7S.C42H41ClN8O6S/c47-34-4-2-30(3-5-34)40-26-46(12-1-13-46)14-8-32(40)28-52-16-18-53(19-17-52)36-6-7-39(42(24-36)62-37-22-31-9-15-48-44(31)49-27-37)45(56)51-63(59,60)38-23-33-29-54(35-10-20-61-21-11-35)50-43(33)41(25-38)55(57)58;1-48-39-30(24-46-48)20-34(22-37(39)51(53)54)58(55,56)47-41(52)35-8-7-32(21-38(35)57-33-19-28-10-14-44-40(28)45-25-33)50-17-15-49(16-18-50)26-29-9-13-42(11-2-12-42)23-36(29)27-3-5-31(43)6-4-27/h2-7,9,15,22-25,27,29,35H,1,8,10-14,16-21,26,28H2,(H,48,49)(H,51,56);3-8,10,14,19-22,24-25H,2,9,11-13,15-18,23,26H2,1H3,(H,44,45)(H,47,52). The summed E-state index contributed by atoms with van der Waals surface area (Å²) < 4.78 is 80.3. The van der Waals surface area contributed by atoms with E-state index < -0.39 is 62.9 Å². The van der Waals surface area contributed by atoms with Crippen LogP contribution in [0.3, 0.4) is 0 Å². The summed E-state index contributed by atoms with van der Waals surface area (Å²) in [5.74, 6) is -0.962. The maximum atomic E-state index is 14.1. The first-order valence-electron chi connectivity index (χ1n) is 40.8. The summed E-state index contributed by atoms with van der Waals surface area (Å²) in [6.07, 6.45) is 25.7. The number of aromatic nitrogens is 8. The highest BCUT2D eigenvalue weighted by atomic mass is 35.5. The lowest BCUT2D eigenvalue weighted by Gasteiger charge is -2.47. The molecule has 12 aromatic rings. The zero-order valence-corrected chi connectivity index (χ0v) is 69.5. The summed E-state index contributed by atoms with van der Waals surface area (Å²) in [7, 11) is -7.67. The van der Waals surface area contributed by atoms with Gasteiger partial charge in [-0.2, -0.15) is 10.2 Å². The highest BCUT2D eigenvalue weighted by Crippen LogP contribution is 2.57. The molecule has 6 aromatic heterocycles. The van der Waals surface area contributed by atoms with Gasteiger partial charge in [-0.05, 0) is 195 Å². The molecule has 2 amide bonds. The molecule has 0 bridgehead atoms. The maximum absolute atomic E-state index is 14.1. The van der Waals surface area contributed by atoms with E-state index in [4.69, 9.17) is 37.4 Å². The lowest BCUT2D eigenvalue weighted by Crippen LogP contribution is -2.47. The highest BCUT2D eigenvalue weighted by molar-refractivity contribution is 7.90. The van der Waals surface area contributed by atoms with Crippen LogP contribution in [-0.4, -0.2) is 166 Å². The van der Waals surface area contributed by atoms with Crippen molar-refractivity contribution in [3.8, 4) is 23.0 Å². The molecule has 2 spiro atoms. The number of nitro groups is 2. The van der Waals surface area contributed by atoms with Gasteiger partial charge in [-0.15, -0.1) is 0 Å². The Kier molecular flexibility index (Phi) is 22.0. The van der Waals surface area contributed by atoms with E-state index in [9.17, 15) is 46.7 Å². The number of ether oxygens (including phenoxy) is 3. The van der Waals surface area contributed by atoms with Crippen LogP contribution >= 0.6 is 23.2 Å². The number of hydrogen-bond acceptors (Lipinski definition) is 21. The van der Waals surface area contributed by atoms with Crippen LogP contribution in [0.15, 0.2) is 192 Å². The van der Waals surface area contributed by atoms with Gasteiger partial charge in [-0.1, -0.05) is 71.5 Å². The van der Waals surface area contributed by atoms with Crippen molar-refractivity contribution < 1.29 is 50.5 Å². The number of fused-ring (bicyclic) bond motifs is 4. The van der Waals surface area contributed by atoms with Crippen LogP contribution in [0.5, 0.6) is 23.0 Å². The number of nitrogens with zero attached hydrogens (tertiary/aromatic N) is 12. The fourth-order valence-electron chi connectivity index (χ4n) is 18.4. The number of pyridine rings is 2. The minimum absolute atomic E-state index is 0.0405. The van der Waals surface area contributed by atoms with Gasteiger partial charge in [0.25, 0.3) is 43.2 Å². The van der Waals surface area contributed by atoms with Crippen LogP contribution in [0.25, 0.3) is 55.0 Å². The lowest BCUT2D eigenvalue weighted by atomic mass is 9.59. The first-order chi connectivity index (χ1) is 58.4. The minimum Gasteiger partial charge on any atom is -0.455 e. The zero-order valence-electron chi connectivity index (χ0n) is 66.4. The van der Waals surface area contributed by atoms with Crippen molar-refractivity contribution >= 4 is 133 Å². The van der Waals surface area contributed by atoms with E-state index in [0.717, 1.165) is 135 Å². The topological polar surface area (TPSA) is 346 Å². The Labute approximate surface area is 707 Å². The van der Waals surface area contributed by atoms with E-state index in [1.54, 1.807) is 71.8 Å². The Morgan fingerprint density at radius 2 is 1.02 bits per heavy atom. The average Bonchev–Trinajstić information content (AvgIpc) is 1.73. The lowest BCUT2D eigenvalue weighted by molar-refractivity contribution is -0.383. The molecule has 121 heavy (non-hydrogen) atoms. The summed E-state index contributed by atoms with van der Waals surface area (Å²) in [4.78, 5) is 74.2. The molecule has 4 aliphatic carbocycles. The van der Waals surface area contributed by atoms with Gasteiger partial charge in [-0.25, -0.2) is 36.2 Å². The second-order valence-electron chi connectivity index (χ2n) is 32.9. The van der Waals surface area contributed by atoms with E-state index in [-0.39, 0.29) is 50.5 Å². The minimum atomic E-state index is -4.62. The van der Waals surface area contributed by atoms with Crippen molar-refractivity contribution in [1.29, 1.82) is 0 Å². The molecule has 29 nitrogen and oxygen atoms in total. The predicted molar refractivity (Wildman–Crippen MR) is 462 cm³/mol. The number of aromatic amines is 2. The quantitative estimate of drug-likeness (QED) is 0.0383. The van der Waals surface area contributed by atoms with E-state index in [0.29, 0.717) is 59.7 Å². The average molecular weight is 1710 g/mol. The van der Waals surface area contributed by atoms with Crippen molar-refractivity contribution in [3.05, 3.63) is 234 Å². The number of sulfonamides is 2. The van der Waals surface area contributed by atoms with E-state index >= 15 is 0 Å². The Morgan fingerprint density at radius 3 is 1.48 bits per heavy atom. The molecule has 0 radical (unpaired) electrons. The van der Waals surface area contributed by atoms with E-state index in [1.807, 2.05) is 36.4 Å². The van der Waals surface area contributed by atoms with Crippen molar-refractivity contribution in [2.45, 2.75) is 106 Å². The molecule has 6 aromatic carbocycles. The molecule has 19 rings (SSSR count). The number of nitro benzene ring substituents is 2. The van der Waals surface area contributed by atoms with Crippen molar-refractivity contribution in [2.24, 2.45) is 17.9 Å². The number of H-pyrrole nitrogens is 2. The number of aryl methyl sites for hydroxylation is 1. The first kappa shape index (κ1) is 80.5. The summed E-state index contributed by atoms with van der Waals surface area (Å²) >= 11 is 12.5. The van der Waals surface area contributed by atoms with Crippen LogP contribution in [0.4, 0.5) is 22.7 Å². The van der Waals surface area contributed by atoms with Gasteiger partial charge in [-0.3, -0.25) is 49.0 Å². The third-order valence-electron chi connectivity index (χ3n) is 25.4. The highest BCUT2D eigenvalue weighted by Gasteiger charge is 2.43. The van der Waals surface area contributed by atoms with E-state index in [1.165, 1.54) is 127 Å². The van der Waals surface area contributed by atoms with Gasteiger partial charge < -0.3 is 34.0 Å². The predicted octanol–water partition coefficient (Wildman–Crippen LogP) is 16.5. The second kappa shape index (κ2) is 33.1. The van der Waals surface area contributed by atoms with Crippen LogP contribution in [0.1, 0.15) is 128 Å². The van der Waals surface area contributed by atoms with Crippen molar-refractivity contribution in [3.63, 3.8) is 0 Å². The Morgan fingerprint density at radius 1 is 0.562 bits per heavy atom. The van der Waals surface area contributed by atoms with Crippen molar-refractivity contribution in [2.75, 3.05) is 88.5 Å². The zero-order chi connectivity index (χ0) is 83.5. The number of anilines is 2. The molecule has 3 aliphatic heterocycles. The molecule has 2 saturated carbocycles. The smallest absolute Gasteiger partial charge is 0.298 e. The number of carbonyl (C=O) groups is 2. The van der Waals surface area contributed by atoms with Gasteiger partial charge in [0.2, 0.25) is 0 Å². The first-order valence-corrected chi connectivity index (χ1v) is 44.5. The number of hydrogen-bond donors (Lipinski definition) is 4. The third kappa shape index (κ3) is 16.9. The number of non-ortho nitro benzene ring substituents is 2. The molecule has 5 fully saturated rings. The molecule has 4 N–H and O–H groups in total. The number of piperazine rings is 2. The number of carbonyl (C=O) groups excluding carboxylic acids is 2. The number of benzene rings is 6. The fourth-order valence-corrected chi connectivity index (χ4v) is 20.7. The van der Waals surface area contributed by atoms with Gasteiger partial charge in [0, 0.05) is 172 Å². The monoisotopic (exact) mass is 1710 g/mol. The number of allylic oxidation sites excluding steroid dienone is 2. The number of amides is 2. The van der Waals surface area contributed by atoms with Crippen molar-refractivity contribution in [1.82, 2.24) is 58.7 Å². The summed E-state index contributed by atoms with van der Waals surface area (Å²) in [6.45, 7) is 9.15. The molecule has 33 heteroatoms. The summed E-state index contributed by atoms with van der Waals surface area (Å²) in [5, 5.41) is 36.2. The molecule has 9 heterocycles. The van der Waals surface area contributed by atoms with Crippen LogP contribution < -0.4 is 28.7 Å². The van der Waals surface area contributed by atoms with Gasteiger partial charge in [0.1, 0.15) is 39.8 Å². The van der Waals surface area contributed by atoms with E-state index in [2.05, 4.69) is 83.4 Å². The third-order valence-corrected chi connectivity index (χ3v) is 28.5. The second-order valence-corrected chi connectivity index (χ2v) is 37.1. The van der Waals surface area contributed by atoms with Crippen LogP contribution in [-0.2, 0) is 31.8 Å². The van der Waals surface area contributed by atoms with Gasteiger partial charge in [0.05, 0.1) is 55.4 Å². The van der Waals surface area contributed by atoms with Gasteiger partial charge >= 0.3 is 0 Å². The number of rotatable bonds is 21. The Balaban J connectivity index is 0.000000166. The fraction of sp³-hybridized carbons (Fsp3) is 0.341. The van der Waals surface area contributed by atoms with Crippen LogP contribution in [0, 0.1) is 31.1 Å². The summed E-state index contributed by atoms with van der Waals surface area (Å²) in [5.41, 5.74) is 11.6. The SMILES string of the molecule is Cn1ncc2cc(S(=O)(=O)NC(=O)c3ccc(N4CCN(CC5=C(c6ccc(Cl)cc6)CC6(CCC6)CC5)CC4)cc3Oc3cnc4[nH]ccc4c3)cc([N+](=O)[O-])c21.O=C(NS(=O)(=O)c1cc([N+](=O)[O-])c2nn(C3CCOCC3)cc2c1)c1ccc(N2CCN(CC3=C(c4ccc(Cl)cc4)CC4(CCC4)CC3)CC2)cc1Oc1cnc2[nH]ccc2c1.